The minimum atomic E-state index is 0.493. The van der Waals surface area contributed by atoms with Crippen molar-refractivity contribution in [2.75, 3.05) is 17.7 Å². The average Bonchev–Trinajstić information content (AvgIpc) is 3.01. The Labute approximate surface area is 163 Å². The van der Waals surface area contributed by atoms with Crippen LogP contribution in [0.4, 0.5) is 11.4 Å². The summed E-state index contributed by atoms with van der Waals surface area (Å²) in [5.74, 6) is 0.707. The van der Waals surface area contributed by atoms with Crippen LogP contribution in [0.2, 0.25) is 0 Å². The van der Waals surface area contributed by atoms with Crippen molar-refractivity contribution in [2.45, 2.75) is 13.8 Å². The number of nitrogens with one attached hydrogen (secondary N) is 2. The molecule has 4 rings (SSSR count). The van der Waals surface area contributed by atoms with Gasteiger partial charge in [0.05, 0.1) is 12.8 Å². The van der Waals surface area contributed by atoms with Gasteiger partial charge >= 0.3 is 0 Å². The number of benzene rings is 3. The number of rotatable bonds is 3. The van der Waals surface area contributed by atoms with E-state index >= 15 is 0 Å². The maximum atomic E-state index is 5.96. The molecule has 0 saturated carbocycles. The van der Waals surface area contributed by atoms with E-state index < -0.39 is 0 Å². The van der Waals surface area contributed by atoms with Gasteiger partial charge in [-0.05, 0) is 61.5 Å². The van der Waals surface area contributed by atoms with E-state index in [9.17, 15) is 0 Å². The number of hydrogen-bond donors (Lipinski definition) is 2. The fourth-order valence-corrected chi connectivity index (χ4v) is 3.35. The largest absolute Gasteiger partial charge is 0.495 e. The van der Waals surface area contributed by atoms with Gasteiger partial charge in [0.2, 0.25) is 0 Å². The summed E-state index contributed by atoms with van der Waals surface area (Å²) in [5.41, 5.74) is 5.79. The van der Waals surface area contributed by atoms with Crippen LogP contribution in [0.3, 0.4) is 0 Å². The Kier molecular flexibility index (Phi) is 4.46. The molecule has 0 aliphatic heterocycles. The summed E-state index contributed by atoms with van der Waals surface area (Å²) in [6, 6.07) is 18.0. The van der Waals surface area contributed by atoms with E-state index in [4.69, 9.17) is 21.4 Å². The fourth-order valence-electron chi connectivity index (χ4n) is 3.12. The molecule has 0 spiro atoms. The first-order valence-corrected chi connectivity index (χ1v) is 9.10. The number of aryl methyl sites for hydroxylation is 2. The number of anilines is 2. The molecule has 0 aliphatic carbocycles. The Morgan fingerprint density at radius 1 is 0.889 bits per heavy atom. The van der Waals surface area contributed by atoms with Crippen LogP contribution in [0.1, 0.15) is 11.1 Å². The van der Waals surface area contributed by atoms with Crippen LogP contribution in [0.15, 0.2) is 59.0 Å². The summed E-state index contributed by atoms with van der Waals surface area (Å²) in [7, 11) is 1.65. The van der Waals surface area contributed by atoms with E-state index in [0.29, 0.717) is 10.9 Å². The summed E-state index contributed by atoms with van der Waals surface area (Å²) in [6.45, 7) is 4.17. The molecular weight excluding hydrogens is 356 g/mol. The van der Waals surface area contributed by atoms with Gasteiger partial charge in [0.15, 0.2) is 5.11 Å². The first-order chi connectivity index (χ1) is 13.0. The lowest BCUT2D eigenvalue weighted by Crippen LogP contribution is -2.19. The van der Waals surface area contributed by atoms with Gasteiger partial charge in [0.25, 0.3) is 0 Å². The lowest BCUT2D eigenvalue weighted by Gasteiger charge is -2.14. The van der Waals surface area contributed by atoms with Crippen LogP contribution in [0.25, 0.3) is 21.9 Å². The lowest BCUT2D eigenvalue weighted by atomic mass is 10.1. The summed E-state index contributed by atoms with van der Waals surface area (Å²) in [5, 5.41) is 9.00. The summed E-state index contributed by atoms with van der Waals surface area (Å²) in [6.07, 6.45) is 0. The highest BCUT2D eigenvalue weighted by Gasteiger charge is 2.13. The van der Waals surface area contributed by atoms with Crippen molar-refractivity contribution in [3.05, 3.63) is 65.7 Å². The number of para-hydroxylation sites is 1. The van der Waals surface area contributed by atoms with Gasteiger partial charge in [0.1, 0.15) is 16.9 Å². The topological polar surface area (TPSA) is 46.4 Å². The van der Waals surface area contributed by atoms with Crippen LogP contribution >= 0.6 is 12.2 Å². The van der Waals surface area contributed by atoms with Crippen LogP contribution in [0, 0.1) is 13.8 Å². The Hall–Kier alpha value is -3.05. The van der Waals surface area contributed by atoms with Crippen molar-refractivity contribution in [1.29, 1.82) is 0 Å². The number of ether oxygens (including phenoxy) is 1. The number of fused-ring (bicyclic) bond motifs is 3. The lowest BCUT2D eigenvalue weighted by molar-refractivity contribution is 0.417. The first kappa shape index (κ1) is 17.4. The third-order valence-electron chi connectivity index (χ3n) is 4.71. The standard InChI is InChI=1S/C22H20N2O2S/c1-13-8-9-15(10-14(13)2)23-22(27)24-18-12-20-17(11-21(18)25-3)16-6-4-5-7-19(16)26-20/h4-12H,1-3H3,(H2,23,24,27). The zero-order valence-electron chi connectivity index (χ0n) is 15.4. The Bertz CT molecular complexity index is 1160. The molecule has 0 unspecified atom stereocenters. The fraction of sp³-hybridized carbons (Fsp3) is 0.136. The van der Waals surface area contributed by atoms with Crippen LogP contribution < -0.4 is 15.4 Å². The van der Waals surface area contributed by atoms with E-state index in [2.05, 4.69) is 36.6 Å². The predicted molar refractivity (Wildman–Crippen MR) is 116 cm³/mol. The maximum Gasteiger partial charge on any atom is 0.175 e. The van der Waals surface area contributed by atoms with Crippen molar-refractivity contribution >= 4 is 50.6 Å². The highest BCUT2D eigenvalue weighted by Crippen LogP contribution is 2.36. The quantitative estimate of drug-likeness (QED) is 0.428. The highest BCUT2D eigenvalue weighted by atomic mass is 32.1. The van der Waals surface area contributed by atoms with Gasteiger partial charge in [-0.1, -0.05) is 24.3 Å². The molecule has 4 aromatic rings. The summed E-state index contributed by atoms with van der Waals surface area (Å²) in [4.78, 5) is 0. The molecule has 0 aliphatic rings. The van der Waals surface area contributed by atoms with E-state index in [1.54, 1.807) is 7.11 Å². The van der Waals surface area contributed by atoms with Crippen LogP contribution in [-0.4, -0.2) is 12.2 Å². The molecule has 0 bridgehead atoms. The zero-order chi connectivity index (χ0) is 19.0. The molecule has 0 amide bonds. The molecule has 0 saturated heterocycles. The van der Waals surface area contributed by atoms with Gasteiger partial charge in [-0.15, -0.1) is 0 Å². The molecule has 4 nitrogen and oxygen atoms in total. The number of hydrogen-bond acceptors (Lipinski definition) is 3. The van der Waals surface area contributed by atoms with Gasteiger partial charge < -0.3 is 19.8 Å². The highest BCUT2D eigenvalue weighted by molar-refractivity contribution is 7.80. The molecule has 1 aromatic heterocycles. The Morgan fingerprint density at radius 3 is 2.48 bits per heavy atom. The summed E-state index contributed by atoms with van der Waals surface area (Å²) < 4.78 is 11.5. The van der Waals surface area contributed by atoms with Crippen molar-refractivity contribution in [3.8, 4) is 5.75 Å². The minimum absolute atomic E-state index is 0.493. The van der Waals surface area contributed by atoms with E-state index in [0.717, 1.165) is 33.3 Å². The molecular formula is C22H20N2O2S. The molecule has 3 aromatic carbocycles. The number of thiocarbonyl (C=S) groups is 1. The van der Waals surface area contributed by atoms with E-state index in [1.807, 2.05) is 42.5 Å². The average molecular weight is 376 g/mol. The predicted octanol–water partition coefficient (Wildman–Crippen LogP) is 6.02. The van der Waals surface area contributed by atoms with Crippen molar-refractivity contribution < 1.29 is 9.15 Å². The third-order valence-corrected chi connectivity index (χ3v) is 4.92. The zero-order valence-corrected chi connectivity index (χ0v) is 16.2. The third kappa shape index (κ3) is 3.34. The monoisotopic (exact) mass is 376 g/mol. The van der Waals surface area contributed by atoms with Gasteiger partial charge in [-0.3, -0.25) is 0 Å². The smallest absolute Gasteiger partial charge is 0.175 e. The van der Waals surface area contributed by atoms with E-state index in [1.165, 1.54) is 11.1 Å². The molecule has 136 valence electrons. The molecule has 0 fully saturated rings. The van der Waals surface area contributed by atoms with Crippen molar-refractivity contribution in [3.63, 3.8) is 0 Å². The van der Waals surface area contributed by atoms with Gasteiger partial charge in [0, 0.05) is 22.5 Å². The Balaban J connectivity index is 1.64. The normalized spacial score (nSPS) is 10.9. The SMILES string of the molecule is COc1cc2c(cc1NC(=S)Nc1ccc(C)c(C)c1)oc1ccccc12. The van der Waals surface area contributed by atoms with Gasteiger partial charge in [-0.2, -0.15) is 0 Å². The Morgan fingerprint density at radius 2 is 1.70 bits per heavy atom. The van der Waals surface area contributed by atoms with Crippen LogP contribution in [0.5, 0.6) is 5.75 Å². The molecule has 2 N–H and O–H groups in total. The van der Waals surface area contributed by atoms with Crippen molar-refractivity contribution in [2.24, 2.45) is 0 Å². The number of furan rings is 1. The van der Waals surface area contributed by atoms with Crippen LogP contribution in [-0.2, 0) is 0 Å². The molecule has 1 heterocycles. The minimum Gasteiger partial charge on any atom is -0.495 e. The molecule has 27 heavy (non-hydrogen) atoms. The second kappa shape index (κ2) is 6.93. The molecule has 0 atom stereocenters. The number of methoxy groups -OCH3 is 1. The van der Waals surface area contributed by atoms with Gasteiger partial charge in [-0.25, -0.2) is 0 Å². The maximum absolute atomic E-state index is 5.96. The van der Waals surface area contributed by atoms with E-state index in [-0.39, 0.29) is 0 Å². The van der Waals surface area contributed by atoms with Crippen molar-refractivity contribution in [1.82, 2.24) is 0 Å². The first-order valence-electron chi connectivity index (χ1n) is 8.69. The second-order valence-electron chi connectivity index (χ2n) is 6.53. The molecule has 5 heteroatoms. The second-order valence-corrected chi connectivity index (χ2v) is 6.93. The molecule has 0 radical (unpaired) electrons. The summed E-state index contributed by atoms with van der Waals surface area (Å²) >= 11 is 5.48.